The van der Waals surface area contributed by atoms with E-state index in [1.54, 1.807) is 0 Å². The van der Waals surface area contributed by atoms with E-state index in [1.807, 2.05) is 0 Å². The molecule has 2 unspecified atom stereocenters. The summed E-state index contributed by atoms with van der Waals surface area (Å²) in [5.41, 5.74) is 0. The number of nitrogens with zero attached hydrogens (tertiary/aromatic N) is 1. The third kappa shape index (κ3) is 3.96. The van der Waals surface area contributed by atoms with Gasteiger partial charge in [-0.05, 0) is 18.8 Å². The zero-order chi connectivity index (χ0) is 12.1. The second-order valence-corrected chi connectivity index (χ2v) is 5.32. The summed E-state index contributed by atoms with van der Waals surface area (Å²) < 4.78 is 5.27. The maximum absolute atomic E-state index is 11.9. The summed E-state index contributed by atoms with van der Waals surface area (Å²) in [6, 6.07) is 0.400. The zero-order valence-electron chi connectivity index (χ0n) is 10.8. The van der Waals surface area contributed by atoms with Crippen LogP contribution < -0.4 is 5.32 Å². The maximum atomic E-state index is 11.9. The first-order chi connectivity index (χ1) is 8.25. The molecular formula is C13H24N2O2. The summed E-state index contributed by atoms with van der Waals surface area (Å²) >= 11 is 0. The molecule has 0 spiro atoms. The highest BCUT2D eigenvalue weighted by Crippen LogP contribution is 2.23. The number of carbonyl (C=O) groups excluding carboxylic acids is 1. The highest BCUT2D eigenvalue weighted by molar-refractivity contribution is 5.78. The Hall–Kier alpha value is -0.610. The van der Waals surface area contributed by atoms with Gasteiger partial charge in [0.25, 0.3) is 0 Å². The molecule has 1 saturated carbocycles. The van der Waals surface area contributed by atoms with Crippen molar-refractivity contribution in [2.45, 2.75) is 38.6 Å². The average Bonchev–Trinajstić information content (AvgIpc) is 2.33. The molecule has 1 N–H and O–H groups in total. The average molecular weight is 240 g/mol. The Balaban J connectivity index is 1.72. The van der Waals surface area contributed by atoms with Crippen molar-refractivity contribution in [1.82, 2.24) is 10.2 Å². The van der Waals surface area contributed by atoms with Gasteiger partial charge in [-0.2, -0.15) is 0 Å². The first-order valence-corrected chi connectivity index (χ1v) is 6.85. The summed E-state index contributed by atoms with van der Waals surface area (Å²) in [7, 11) is 0. The van der Waals surface area contributed by atoms with Gasteiger partial charge in [0.05, 0.1) is 19.8 Å². The molecule has 17 heavy (non-hydrogen) atoms. The molecule has 2 aliphatic rings. The molecule has 0 aromatic rings. The molecule has 0 radical (unpaired) electrons. The van der Waals surface area contributed by atoms with Gasteiger partial charge in [0, 0.05) is 19.1 Å². The lowest BCUT2D eigenvalue weighted by Crippen LogP contribution is -2.48. The van der Waals surface area contributed by atoms with Crippen molar-refractivity contribution in [2.75, 3.05) is 32.8 Å². The zero-order valence-corrected chi connectivity index (χ0v) is 10.8. The summed E-state index contributed by atoms with van der Waals surface area (Å²) in [5, 5.41) is 3.19. The molecule has 1 aliphatic carbocycles. The van der Waals surface area contributed by atoms with Crippen LogP contribution in [-0.4, -0.2) is 49.7 Å². The van der Waals surface area contributed by atoms with E-state index in [1.165, 1.54) is 19.3 Å². The molecule has 0 aromatic heterocycles. The molecule has 2 rings (SSSR count). The number of morpholine rings is 1. The van der Waals surface area contributed by atoms with Crippen molar-refractivity contribution >= 4 is 5.91 Å². The topological polar surface area (TPSA) is 41.6 Å². The van der Waals surface area contributed by atoms with E-state index in [0.717, 1.165) is 32.7 Å². The van der Waals surface area contributed by atoms with Crippen LogP contribution in [0.2, 0.25) is 0 Å². The predicted molar refractivity (Wildman–Crippen MR) is 66.8 cm³/mol. The maximum Gasteiger partial charge on any atom is 0.234 e. The van der Waals surface area contributed by atoms with Gasteiger partial charge >= 0.3 is 0 Å². The molecule has 4 nitrogen and oxygen atoms in total. The second-order valence-electron chi connectivity index (χ2n) is 5.32. The fourth-order valence-electron chi connectivity index (χ4n) is 2.75. The first kappa shape index (κ1) is 12.8. The van der Waals surface area contributed by atoms with Gasteiger partial charge in [0.15, 0.2) is 0 Å². The fraction of sp³-hybridized carbons (Fsp3) is 0.923. The van der Waals surface area contributed by atoms with Crippen molar-refractivity contribution in [3.8, 4) is 0 Å². The van der Waals surface area contributed by atoms with Gasteiger partial charge in [-0.3, -0.25) is 9.69 Å². The van der Waals surface area contributed by atoms with E-state index in [4.69, 9.17) is 4.74 Å². The van der Waals surface area contributed by atoms with E-state index >= 15 is 0 Å². The Morgan fingerprint density at radius 2 is 2.00 bits per heavy atom. The van der Waals surface area contributed by atoms with E-state index in [2.05, 4.69) is 17.1 Å². The van der Waals surface area contributed by atoms with Gasteiger partial charge in [0.2, 0.25) is 5.91 Å². The number of amides is 1. The molecule has 1 saturated heterocycles. The van der Waals surface area contributed by atoms with Crippen LogP contribution >= 0.6 is 0 Å². The number of nitrogens with one attached hydrogen (secondary N) is 1. The van der Waals surface area contributed by atoms with Crippen LogP contribution in [0.15, 0.2) is 0 Å². The standard InChI is InChI=1S/C13H24N2O2/c1-11-4-2-3-5-12(11)14-13(16)10-15-6-8-17-9-7-15/h11-12H,2-10H2,1H3,(H,14,16). The van der Waals surface area contributed by atoms with Crippen LogP contribution in [0.5, 0.6) is 0 Å². The van der Waals surface area contributed by atoms with Crippen LogP contribution in [-0.2, 0) is 9.53 Å². The lowest BCUT2D eigenvalue weighted by molar-refractivity contribution is -0.124. The minimum absolute atomic E-state index is 0.186. The molecular weight excluding hydrogens is 216 g/mol. The Bertz CT molecular complexity index is 252. The largest absolute Gasteiger partial charge is 0.379 e. The molecule has 0 aromatic carbocycles. The summed E-state index contributed by atoms with van der Waals surface area (Å²) in [6.07, 6.45) is 4.97. The van der Waals surface area contributed by atoms with E-state index in [9.17, 15) is 4.79 Å². The highest BCUT2D eigenvalue weighted by Gasteiger charge is 2.23. The Labute approximate surface area is 104 Å². The van der Waals surface area contributed by atoms with Crippen molar-refractivity contribution < 1.29 is 9.53 Å². The summed E-state index contributed by atoms with van der Waals surface area (Å²) in [5.74, 6) is 0.822. The van der Waals surface area contributed by atoms with Gasteiger partial charge in [0.1, 0.15) is 0 Å². The number of hydrogen-bond acceptors (Lipinski definition) is 3. The smallest absolute Gasteiger partial charge is 0.234 e. The Morgan fingerprint density at radius 3 is 2.71 bits per heavy atom. The van der Waals surface area contributed by atoms with Crippen LogP contribution in [0, 0.1) is 5.92 Å². The fourth-order valence-corrected chi connectivity index (χ4v) is 2.75. The van der Waals surface area contributed by atoms with Crippen molar-refractivity contribution in [3.63, 3.8) is 0 Å². The molecule has 98 valence electrons. The minimum Gasteiger partial charge on any atom is -0.379 e. The van der Waals surface area contributed by atoms with E-state index < -0.39 is 0 Å². The van der Waals surface area contributed by atoms with Crippen molar-refractivity contribution in [2.24, 2.45) is 5.92 Å². The molecule has 4 heteroatoms. The van der Waals surface area contributed by atoms with Crippen LogP contribution in [0.25, 0.3) is 0 Å². The van der Waals surface area contributed by atoms with Crippen LogP contribution in [0.3, 0.4) is 0 Å². The monoisotopic (exact) mass is 240 g/mol. The van der Waals surface area contributed by atoms with Crippen molar-refractivity contribution in [1.29, 1.82) is 0 Å². The Morgan fingerprint density at radius 1 is 1.29 bits per heavy atom. The van der Waals surface area contributed by atoms with Crippen LogP contribution in [0.4, 0.5) is 0 Å². The number of carbonyl (C=O) groups is 1. The van der Waals surface area contributed by atoms with Gasteiger partial charge in [-0.15, -0.1) is 0 Å². The molecule has 1 heterocycles. The van der Waals surface area contributed by atoms with Gasteiger partial charge in [-0.1, -0.05) is 19.8 Å². The van der Waals surface area contributed by atoms with Gasteiger partial charge < -0.3 is 10.1 Å². The van der Waals surface area contributed by atoms with Crippen molar-refractivity contribution in [3.05, 3.63) is 0 Å². The second kappa shape index (κ2) is 6.36. The molecule has 2 atom stereocenters. The first-order valence-electron chi connectivity index (χ1n) is 6.85. The SMILES string of the molecule is CC1CCCCC1NC(=O)CN1CCOCC1. The third-order valence-electron chi connectivity index (χ3n) is 3.93. The number of ether oxygens (including phenoxy) is 1. The molecule has 2 fully saturated rings. The Kier molecular flexibility index (Phi) is 4.80. The minimum atomic E-state index is 0.186. The molecule has 0 bridgehead atoms. The normalized spacial score (nSPS) is 31.1. The van der Waals surface area contributed by atoms with E-state index in [-0.39, 0.29) is 5.91 Å². The van der Waals surface area contributed by atoms with Crippen LogP contribution in [0.1, 0.15) is 32.6 Å². The number of hydrogen-bond donors (Lipinski definition) is 1. The summed E-state index contributed by atoms with van der Waals surface area (Å²) in [6.45, 7) is 6.06. The van der Waals surface area contributed by atoms with E-state index in [0.29, 0.717) is 18.5 Å². The molecule has 1 amide bonds. The predicted octanol–water partition coefficient (Wildman–Crippen LogP) is 1.01. The summed E-state index contributed by atoms with van der Waals surface area (Å²) in [4.78, 5) is 14.1. The lowest BCUT2D eigenvalue weighted by Gasteiger charge is -2.31. The lowest BCUT2D eigenvalue weighted by atomic mass is 9.86. The highest BCUT2D eigenvalue weighted by atomic mass is 16.5. The quantitative estimate of drug-likeness (QED) is 0.800. The molecule has 1 aliphatic heterocycles. The third-order valence-corrected chi connectivity index (χ3v) is 3.93. The van der Waals surface area contributed by atoms with Gasteiger partial charge in [-0.25, -0.2) is 0 Å². The number of rotatable bonds is 3.